The van der Waals surface area contributed by atoms with Gasteiger partial charge in [0.05, 0.1) is 26.0 Å². The van der Waals surface area contributed by atoms with E-state index in [9.17, 15) is 9.59 Å². The number of benzene rings is 3. The molecule has 1 aromatic heterocycles. The average Bonchev–Trinajstić information content (AvgIpc) is 3.58. The standard InChI is InChI=1S/C30H31N3O3/c1-36-29(35)19-23-20-31-26-14-13-21(17-25(23)26)18-28(34)32-30(22-9-3-2-4-10-22)24-11-5-6-12-27(24)33-15-7-8-16-33/h2-6,9-14,17,20,30-31H,7-8,15-16,18-19H2,1H3,(H,32,34). The molecule has 0 aliphatic carbocycles. The number of fused-ring (bicyclic) bond motifs is 1. The van der Waals surface area contributed by atoms with Crippen molar-refractivity contribution in [3.63, 3.8) is 0 Å². The van der Waals surface area contributed by atoms with E-state index in [1.165, 1.54) is 25.6 Å². The maximum atomic E-state index is 13.4. The van der Waals surface area contributed by atoms with Crippen LogP contribution < -0.4 is 10.2 Å². The highest BCUT2D eigenvalue weighted by Gasteiger charge is 2.23. The van der Waals surface area contributed by atoms with Gasteiger partial charge in [-0.15, -0.1) is 0 Å². The predicted molar refractivity (Wildman–Crippen MR) is 142 cm³/mol. The highest BCUT2D eigenvalue weighted by atomic mass is 16.5. The number of aromatic amines is 1. The fraction of sp³-hybridized carbons (Fsp3) is 0.267. The van der Waals surface area contributed by atoms with Gasteiger partial charge in [0.25, 0.3) is 0 Å². The van der Waals surface area contributed by atoms with Crippen molar-refractivity contribution in [2.24, 2.45) is 0 Å². The van der Waals surface area contributed by atoms with Crippen LogP contribution >= 0.6 is 0 Å². The van der Waals surface area contributed by atoms with Crippen molar-refractivity contribution in [2.45, 2.75) is 31.7 Å². The summed E-state index contributed by atoms with van der Waals surface area (Å²) in [4.78, 5) is 30.8. The van der Waals surface area contributed by atoms with Crippen LogP contribution in [-0.2, 0) is 27.2 Å². The van der Waals surface area contributed by atoms with E-state index in [-0.39, 0.29) is 30.8 Å². The second-order valence-corrected chi connectivity index (χ2v) is 9.29. The number of nitrogens with zero attached hydrogens (tertiary/aromatic N) is 1. The third kappa shape index (κ3) is 5.13. The number of amides is 1. The van der Waals surface area contributed by atoms with Crippen LogP contribution in [0, 0.1) is 0 Å². The first-order valence-corrected chi connectivity index (χ1v) is 12.5. The van der Waals surface area contributed by atoms with E-state index < -0.39 is 0 Å². The van der Waals surface area contributed by atoms with Gasteiger partial charge in [0.2, 0.25) is 5.91 Å². The normalized spacial score (nSPS) is 14.1. The molecular formula is C30H31N3O3. The molecule has 4 aromatic rings. The fourth-order valence-electron chi connectivity index (χ4n) is 5.07. The van der Waals surface area contributed by atoms with Gasteiger partial charge in [0.1, 0.15) is 0 Å². The van der Waals surface area contributed by atoms with Crippen LogP contribution in [0.1, 0.15) is 41.1 Å². The largest absolute Gasteiger partial charge is 0.469 e. The summed E-state index contributed by atoms with van der Waals surface area (Å²) >= 11 is 0. The Morgan fingerprint density at radius 3 is 2.50 bits per heavy atom. The van der Waals surface area contributed by atoms with Gasteiger partial charge in [0, 0.05) is 41.4 Å². The SMILES string of the molecule is COC(=O)Cc1c[nH]c2ccc(CC(=O)NC(c3ccccc3)c3ccccc3N3CCCC3)cc12. The Labute approximate surface area is 211 Å². The van der Waals surface area contributed by atoms with Crippen LogP contribution in [0.15, 0.2) is 79.0 Å². The van der Waals surface area contributed by atoms with Crippen LogP contribution in [0.4, 0.5) is 5.69 Å². The average molecular weight is 482 g/mol. The first-order valence-electron chi connectivity index (χ1n) is 12.5. The molecule has 0 bridgehead atoms. The summed E-state index contributed by atoms with van der Waals surface area (Å²) in [5.74, 6) is -0.342. The van der Waals surface area contributed by atoms with Crippen molar-refractivity contribution >= 4 is 28.5 Å². The summed E-state index contributed by atoms with van der Waals surface area (Å²) in [5.41, 5.74) is 6.04. The number of H-pyrrole nitrogens is 1. The highest BCUT2D eigenvalue weighted by molar-refractivity contribution is 5.89. The zero-order valence-electron chi connectivity index (χ0n) is 20.5. The molecule has 0 spiro atoms. The molecule has 0 radical (unpaired) electrons. The van der Waals surface area contributed by atoms with Crippen molar-refractivity contribution < 1.29 is 14.3 Å². The third-order valence-corrected chi connectivity index (χ3v) is 6.89. The van der Waals surface area contributed by atoms with Crippen LogP contribution in [0.5, 0.6) is 0 Å². The lowest BCUT2D eigenvalue weighted by Gasteiger charge is -2.27. The number of methoxy groups -OCH3 is 1. The number of nitrogens with one attached hydrogen (secondary N) is 2. The first kappa shape index (κ1) is 23.7. The zero-order chi connectivity index (χ0) is 24.9. The molecule has 36 heavy (non-hydrogen) atoms. The van der Waals surface area contributed by atoms with E-state index >= 15 is 0 Å². The van der Waals surface area contributed by atoms with Crippen LogP contribution in [-0.4, -0.2) is 37.1 Å². The number of hydrogen-bond donors (Lipinski definition) is 2. The van der Waals surface area contributed by atoms with Crippen molar-refractivity contribution in [1.82, 2.24) is 10.3 Å². The Kier molecular flexibility index (Phi) is 7.03. The summed E-state index contributed by atoms with van der Waals surface area (Å²) in [5, 5.41) is 4.25. The lowest BCUT2D eigenvalue weighted by atomic mass is 9.96. The minimum atomic E-state index is -0.290. The quantitative estimate of drug-likeness (QED) is 0.350. The van der Waals surface area contributed by atoms with Crippen molar-refractivity contribution in [3.8, 4) is 0 Å². The van der Waals surface area contributed by atoms with Gasteiger partial charge in [-0.1, -0.05) is 54.6 Å². The molecule has 2 heterocycles. The van der Waals surface area contributed by atoms with Gasteiger partial charge in [0.15, 0.2) is 0 Å². The molecule has 3 aromatic carbocycles. The zero-order valence-corrected chi connectivity index (χ0v) is 20.5. The fourth-order valence-corrected chi connectivity index (χ4v) is 5.07. The van der Waals surface area contributed by atoms with E-state index in [1.807, 2.05) is 48.7 Å². The van der Waals surface area contributed by atoms with Gasteiger partial charge < -0.3 is 19.9 Å². The molecule has 1 saturated heterocycles. The lowest BCUT2D eigenvalue weighted by Crippen LogP contribution is -2.32. The Bertz CT molecular complexity index is 1360. The number of anilines is 1. The summed E-state index contributed by atoms with van der Waals surface area (Å²) in [6.07, 6.45) is 4.64. The third-order valence-electron chi connectivity index (χ3n) is 6.89. The van der Waals surface area contributed by atoms with E-state index in [2.05, 4.69) is 45.5 Å². The molecular weight excluding hydrogens is 450 g/mol. The number of hydrogen-bond acceptors (Lipinski definition) is 4. The second kappa shape index (κ2) is 10.7. The predicted octanol–water partition coefficient (Wildman–Crippen LogP) is 4.93. The molecule has 1 unspecified atom stereocenters. The van der Waals surface area contributed by atoms with E-state index in [0.29, 0.717) is 0 Å². The van der Waals surface area contributed by atoms with Crippen LogP contribution in [0.25, 0.3) is 10.9 Å². The van der Waals surface area contributed by atoms with Gasteiger partial charge in [-0.25, -0.2) is 0 Å². The van der Waals surface area contributed by atoms with Crippen molar-refractivity contribution in [3.05, 3.63) is 101 Å². The van der Waals surface area contributed by atoms with Crippen molar-refractivity contribution in [2.75, 3.05) is 25.1 Å². The number of aromatic nitrogens is 1. The molecule has 2 N–H and O–H groups in total. The molecule has 184 valence electrons. The number of para-hydroxylation sites is 1. The first-order chi connectivity index (χ1) is 17.6. The van der Waals surface area contributed by atoms with Gasteiger partial charge in [-0.3, -0.25) is 9.59 Å². The van der Waals surface area contributed by atoms with E-state index in [1.54, 1.807) is 0 Å². The number of rotatable bonds is 8. The van der Waals surface area contributed by atoms with Crippen LogP contribution in [0.2, 0.25) is 0 Å². The Hall–Kier alpha value is -4.06. The molecule has 6 heteroatoms. The summed E-state index contributed by atoms with van der Waals surface area (Å²) in [6.45, 7) is 2.08. The molecule has 1 amide bonds. The van der Waals surface area contributed by atoms with Crippen LogP contribution in [0.3, 0.4) is 0 Å². The Morgan fingerprint density at radius 1 is 0.972 bits per heavy atom. The monoisotopic (exact) mass is 481 g/mol. The van der Waals surface area contributed by atoms with Gasteiger partial charge in [-0.05, 0) is 47.7 Å². The Morgan fingerprint density at radius 2 is 1.72 bits per heavy atom. The number of esters is 1. The maximum absolute atomic E-state index is 13.4. The number of carbonyl (C=O) groups excluding carboxylic acids is 2. The molecule has 0 saturated carbocycles. The number of carbonyl (C=O) groups is 2. The molecule has 1 aliphatic rings. The van der Waals surface area contributed by atoms with E-state index in [4.69, 9.17) is 4.74 Å². The van der Waals surface area contributed by atoms with E-state index in [0.717, 1.165) is 46.2 Å². The van der Waals surface area contributed by atoms with Crippen molar-refractivity contribution in [1.29, 1.82) is 0 Å². The second-order valence-electron chi connectivity index (χ2n) is 9.29. The molecule has 1 atom stereocenters. The van der Waals surface area contributed by atoms with Gasteiger partial charge in [-0.2, -0.15) is 0 Å². The van der Waals surface area contributed by atoms with Gasteiger partial charge >= 0.3 is 5.97 Å². The highest BCUT2D eigenvalue weighted by Crippen LogP contribution is 2.33. The summed E-state index contributed by atoms with van der Waals surface area (Å²) in [6, 6.07) is 24.2. The summed E-state index contributed by atoms with van der Waals surface area (Å²) in [7, 11) is 1.39. The molecule has 1 aliphatic heterocycles. The minimum absolute atomic E-state index is 0.0514. The lowest BCUT2D eigenvalue weighted by molar-refractivity contribution is -0.139. The molecule has 5 rings (SSSR count). The molecule has 1 fully saturated rings. The molecule has 6 nitrogen and oxygen atoms in total. The smallest absolute Gasteiger partial charge is 0.310 e. The minimum Gasteiger partial charge on any atom is -0.469 e. The topological polar surface area (TPSA) is 74.4 Å². The maximum Gasteiger partial charge on any atom is 0.310 e. The summed E-state index contributed by atoms with van der Waals surface area (Å²) < 4.78 is 4.82. The number of ether oxygens (including phenoxy) is 1. The Balaban J connectivity index is 1.41.